The highest BCUT2D eigenvalue weighted by Gasteiger charge is 2.19. The first kappa shape index (κ1) is 16.7. The summed E-state index contributed by atoms with van der Waals surface area (Å²) in [5.41, 5.74) is 0.360. The zero-order valence-electron chi connectivity index (χ0n) is 12.8. The van der Waals surface area contributed by atoms with Crippen molar-refractivity contribution < 1.29 is 23.6 Å². The van der Waals surface area contributed by atoms with E-state index in [1.54, 1.807) is 0 Å². The van der Waals surface area contributed by atoms with Crippen LogP contribution < -0.4 is 5.32 Å². The zero-order chi connectivity index (χ0) is 17.0. The van der Waals surface area contributed by atoms with Gasteiger partial charge in [-0.2, -0.15) is 0 Å². The molecule has 0 atom stereocenters. The van der Waals surface area contributed by atoms with Gasteiger partial charge in [0.05, 0.1) is 16.9 Å². The molecule has 2 rings (SSSR count). The third kappa shape index (κ3) is 3.74. The molecule has 0 fully saturated rings. The van der Waals surface area contributed by atoms with Crippen molar-refractivity contribution in [2.45, 2.75) is 32.6 Å². The Morgan fingerprint density at radius 1 is 1.30 bits per heavy atom. The summed E-state index contributed by atoms with van der Waals surface area (Å²) < 4.78 is 18.8. The first-order valence-corrected chi connectivity index (χ1v) is 7.27. The molecule has 7 heteroatoms. The van der Waals surface area contributed by atoms with E-state index in [0.29, 0.717) is 5.69 Å². The Morgan fingerprint density at radius 3 is 2.57 bits per heavy atom. The Morgan fingerprint density at radius 2 is 2.00 bits per heavy atom. The zero-order valence-corrected chi connectivity index (χ0v) is 12.8. The highest BCUT2D eigenvalue weighted by molar-refractivity contribution is 6.02. The van der Waals surface area contributed by atoms with Gasteiger partial charge in [-0.05, 0) is 31.0 Å². The van der Waals surface area contributed by atoms with Crippen molar-refractivity contribution in [2.75, 3.05) is 5.32 Å². The van der Waals surface area contributed by atoms with E-state index in [0.717, 1.165) is 18.9 Å². The molecule has 1 aromatic carbocycles. The molecule has 0 aliphatic carbocycles. The summed E-state index contributed by atoms with van der Waals surface area (Å²) >= 11 is 0. The van der Waals surface area contributed by atoms with E-state index >= 15 is 0 Å². The van der Waals surface area contributed by atoms with Gasteiger partial charge in [-0.3, -0.25) is 4.79 Å². The summed E-state index contributed by atoms with van der Waals surface area (Å²) in [5.74, 6) is -2.54. The van der Waals surface area contributed by atoms with E-state index in [2.05, 4.69) is 10.5 Å². The van der Waals surface area contributed by atoms with Gasteiger partial charge in [0.15, 0.2) is 0 Å². The highest BCUT2D eigenvalue weighted by Crippen LogP contribution is 2.23. The quantitative estimate of drug-likeness (QED) is 0.847. The van der Waals surface area contributed by atoms with E-state index in [1.807, 2.05) is 13.8 Å². The molecule has 2 aromatic rings. The minimum Gasteiger partial charge on any atom is -0.478 e. The number of carbonyl (C=O) groups excluding carboxylic acids is 1. The number of carboxylic acids is 1. The number of benzene rings is 1. The molecule has 122 valence electrons. The van der Waals surface area contributed by atoms with Gasteiger partial charge in [0.25, 0.3) is 5.91 Å². The molecular weight excluding hydrogens is 303 g/mol. The van der Waals surface area contributed by atoms with Crippen molar-refractivity contribution in [1.82, 2.24) is 5.16 Å². The van der Waals surface area contributed by atoms with Gasteiger partial charge in [0.1, 0.15) is 5.82 Å². The maximum Gasteiger partial charge on any atom is 0.335 e. The molecule has 6 nitrogen and oxygen atoms in total. The van der Waals surface area contributed by atoms with E-state index in [9.17, 15) is 14.0 Å². The van der Waals surface area contributed by atoms with E-state index in [-0.39, 0.29) is 22.9 Å². The van der Waals surface area contributed by atoms with Crippen LogP contribution in [-0.4, -0.2) is 22.1 Å². The Bertz CT molecular complexity index is 723. The highest BCUT2D eigenvalue weighted by atomic mass is 19.1. The van der Waals surface area contributed by atoms with E-state index in [4.69, 9.17) is 9.63 Å². The number of hydrogen-bond donors (Lipinski definition) is 2. The normalized spacial score (nSPS) is 10.8. The van der Waals surface area contributed by atoms with E-state index < -0.39 is 17.7 Å². The number of hydrogen-bond acceptors (Lipinski definition) is 4. The molecule has 1 amide bonds. The monoisotopic (exact) mass is 320 g/mol. The number of aromatic nitrogens is 1. The van der Waals surface area contributed by atoms with Crippen LogP contribution in [0.1, 0.15) is 59.2 Å². The van der Waals surface area contributed by atoms with Crippen molar-refractivity contribution in [3.63, 3.8) is 0 Å². The number of anilines is 1. The second-order valence-electron chi connectivity index (χ2n) is 5.08. The third-order valence-corrected chi connectivity index (χ3v) is 3.62. The first-order chi connectivity index (χ1) is 11.0. The summed E-state index contributed by atoms with van der Waals surface area (Å²) in [7, 11) is 0. The molecule has 0 radical (unpaired) electrons. The minimum atomic E-state index is -1.24. The van der Waals surface area contributed by atoms with Crippen LogP contribution in [0.15, 0.2) is 28.8 Å². The third-order valence-electron chi connectivity index (χ3n) is 3.62. The van der Waals surface area contributed by atoms with Gasteiger partial charge in [0, 0.05) is 12.0 Å². The number of aromatic carboxylic acids is 1. The smallest absolute Gasteiger partial charge is 0.335 e. The second kappa shape index (κ2) is 7.04. The molecular formula is C16H17FN2O4. The van der Waals surface area contributed by atoms with Gasteiger partial charge in [-0.25, -0.2) is 9.18 Å². The van der Waals surface area contributed by atoms with Crippen molar-refractivity contribution in [3.8, 4) is 0 Å². The van der Waals surface area contributed by atoms with Gasteiger partial charge < -0.3 is 14.9 Å². The largest absolute Gasteiger partial charge is 0.478 e. The van der Waals surface area contributed by atoms with Crippen LogP contribution in [0.2, 0.25) is 0 Å². The fourth-order valence-corrected chi connectivity index (χ4v) is 2.23. The van der Waals surface area contributed by atoms with Crippen LogP contribution in [0, 0.1) is 5.82 Å². The second-order valence-corrected chi connectivity index (χ2v) is 5.08. The van der Waals surface area contributed by atoms with Crippen LogP contribution in [0.25, 0.3) is 0 Å². The number of nitrogens with one attached hydrogen (secondary N) is 1. The SMILES string of the molecule is CCC(CC)c1cc(C(=O)Nc2ccc(C(=O)O)cc2F)on1. The predicted molar refractivity (Wildman–Crippen MR) is 81.1 cm³/mol. The van der Waals surface area contributed by atoms with E-state index in [1.165, 1.54) is 18.2 Å². The molecule has 0 unspecified atom stereocenters. The maximum atomic E-state index is 13.8. The number of halogens is 1. The molecule has 0 spiro atoms. The van der Waals surface area contributed by atoms with Crippen molar-refractivity contribution in [3.05, 3.63) is 47.1 Å². The van der Waals surface area contributed by atoms with Crippen molar-refractivity contribution in [1.29, 1.82) is 0 Å². The number of carbonyl (C=O) groups is 2. The molecule has 0 aliphatic heterocycles. The lowest BCUT2D eigenvalue weighted by atomic mass is 9.99. The predicted octanol–water partition coefficient (Wildman–Crippen LogP) is 3.67. The van der Waals surface area contributed by atoms with Gasteiger partial charge >= 0.3 is 5.97 Å². The Hall–Kier alpha value is -2.70. The molecule has 1 heterocycles. The van der Waals surface area contributed by atoms with Crippen LogP contribution in [0.3, 0.4) is 0 Å². The van der Waals surface area contributed by atoms with Crippen LogP contribution in [0.5, 0.6) is 0 Å². The first-order valence-electron chi connectivity index (χ1n) is 7.27. The number of carboxylic acid groups (broad SMARTS) is 1. The Kier molecular flexibility index (Phi) is 5.10. The number of rotatable bonds is 6. The molecule has 23 heavy (non-hydrogen) atoms. The average molecular weight is 320 g/mol. The number of amides is 1. The summed E-state index contributed by atoms with van der Waals surface area (Å²) in [6, 6.07) is 4.77. The molecule has 0 saturated carbocycles. The molecule has 0 bridgehead atoms. The van der Waals surface area contributed by atoms with Crippen molar-refractivity contribution in [2.24, 2.45) is 0 Å². The van der Waals surface area contributed by atoms with Crippen LogP contribution in [0.4, 0.5) is 10.1 Å². The van der Waals surface area contributed by atoms with Gasteiger partial charge in [0.2, 0.25) is 5.76 Å². The summed E-state index contributed by atoms with van der Waals surface area (Å²) in [5, 5.41) is 15.0. The van der Waals surface area contributed by atoms with Crippen molar-refractivity contribution >= 4 is 17.6 Å². The number of nitrogens with zero attached hydrogens (tertiary/aromatic N) is 1. The van der Waals surface area contributed by atoms with Crippen LogP contribution in [-0.2, 0) is 0 Å². The fourth-order valence-electron chi connectivity index (χ4n) is 2.23. The summed E-state index contributed by atoms with van der Waals surface area (Å²) in [6.45, 7) is 4.03. The minimum absolute atomic E-state index is 0.0198. The summed E-state index contributed by atoms with van der Waals surface area (Å²) in [6.07, 6.45) is 1.74. The molecule has 2 N–H and O–H groups in total. The molecule has 0 aliphatic rings. The molecule has 1 aromatic heterocycles. The average Bonchev–Trinajstić information content (AvgIpc) is 3.00. The fraction of sp³-hybridized carbons (Fsp3) is 0.312. The summed E-state index contributed by atoms with van der Waals surface area (Å²) in [4.78, 5) is 22.8. The van der Waals surface area contributed by atoms with Gasteiger partial charge in [-0.1, -0.05) is 19.0 Å². The lowest BCUT2D eigenvalue weighted by Crippen LogP contribution is -2.12. The Balaban J connectivity index is 2.15. The Labute approximate surface area is 132 Å². The molecule has 0 saturated heterocycles. The maximum absolute atomic E-state index is 13.8. The topological polar surface area (TPSA) is 92.4 Å². The standard InChI is InChI=1S/C16H17FN2O4/c1-3-9(4-2)13-8-14(23-19-13)15(20)18-12-6-5-10(16(21)22)7-11(12)17/h5-9H,3-4H2,1-2H3,(H,18,20)(H,21,22). The van der Waals surface area contributed by atoms with Gasteiger partial charge in [-0.15, -0.1) is 0 Å². The van der Waals surface area contributed by atoms with Crippen LogP contribution >= 0.6 is 0 Å². The lowest BCUT2D eigenvalue weighted by molar-refractivity contribution is 0.0696. The lowest BCUT2D eigenvalue weighted by Gasteiger charge is -2.06.